The second kappa shape index (κ2) is 17.9. The van der Waals surface area contributed by atoms with Crippen molar-refractivity contribution in [2.45, 2.75) is 162 Å². The van der Waals surface area contributed by atoms with E-state index in [1.165, 1.54) is 50.5 Å². The number of allylic oxidation sites excluding steroid dienone is 1. The van der Waals surface area contributed by atoms with E-state index in [4.69, 9.17) is 21.9 Å². The van der Waals surface area contributed by atoms with Gasteiger partial charge in [0.1, 0.15) is 18.2 Å². The first-order chi connectivity index (χ1) is 23.3. The first-order valence-corrected chi connectivity index (χ1v) is 20.0. The van der Waals surface area contributed by atoms with Crippen LogP contribution < -0.4 is 27.8 Å². The predicted octanol–water partition coefficient (Wildman–Crippen LogP) is 6.72. The SMILES string of the molecule is CC(C)CCCC(C)C1CCC2C3CC=C4CC(OC(=O)NC(CCCCN)C(=O)NC(CCCCN)C(N)=O)CCC4(C)C3CCC12C. The zero-order valence-electron chi connectivity index (χ0n) is 31.6. The zero-order chi connectivity index (χ0) is 35.8. The highest BCUT2D eigenvalue weighted by molar-refractivity contribution is 5.90. The molecule has 3 fully saturated rings. The fraction of sp³-hybridized carbons (Fsp3) is 0.875. The molecule has 0 aromatic rings. The van der Waals surface area contributed by atoms with E-state index in [1.807, 2.05) is 0 Å². The number of unbranched alkanes of at least 4 members (excludes halogenated alkanes) is 2. The highest BCUT2D eigenvalue weighted by Crippen LogP contribution is 2.67. The quantitative estimate of drug-likeness (QED) is 0.0795. The van der Waals surface area contributed by atoms with Crippen molar-refractivity contribution >= 4 is 17.9 Å². The van der Waals surface area contributed by atoms with Crippen LogP contribution >= 0.6 is 0 Å². The summed E-state index contributed by atoms with van der Waals surface area (Å²) in [6, 6.07) is -1.64. The van der Waals surface area contributed by atoms with Crippen molar-refractivity contribution < 1.29 is 19.1 Å². The second-order valence-electron chi connectivity index (χ2n) is 17.3. The van der Waals surface area contributed by atoms with Crippen molar-refractivity contribution in [2.75, 3.05) is 13.1 Å². The molecule has 3 saturated carbocycles. The fourth-order valence-corrected chi connectivity index (χ4v) is 10.9. The predicted molar refractivity (Wildman–Crippen MR) is 197 cm³/mol. The minimum absolute atomic E-state index is 0.167. The van der Waals surface area contributed by atoms with Gasteiger partial charge in [0, 0.05) is 6.42 Å². The van der Waals surface area contributed by atoms with Crippen LogP contribution in [-0.2, 0) is 14.3 Å². The van der Waals surface area contributed by atoms with Crippen LogP contribution in [0.4, 0.5) is 4.79 Å². The summed E-state index contributed by atoms with van der Waals surface area (Å²) >= 11 is 0. The molecule has 10 atom stereocenters. The zero-order valence-corrected chi connectivity index (χ0v) is 31.6. The van der Waals surface area contributed by atoms with Crippen LogP contribution in [0.5, 0.6) is 0 Å². The van der Waals surface area contributed by atoms with Gasteiger partial charge in [0.2, 0.25) is 11.8 Å². The largest absolute Gasteiger partial charge is 0.446 e. The van der Waals surface area contributed by atoms with Crippen LogP contribution in [-0.4, -0.2) is 49.2 Å². The van der Waals surface area contributed by atoms with Crippen LogP contribution in [0.25, 0.3) is 0 Å². The Morgan fingerprint density at radius 3 is 2.18 bits per heavy atom. The van der Waals surface area contributed by atoms with Crippen molar-refractivity contribution in [2.24, 2.45) is 63.5 Å². The van der Waals surface area contributed by atoms with Crippen LogP contribution in [0.2, 0.25) is 0 Å². The molecule has 0 radical (unpaired) electrons. The molecule has 0 saturated heterocycles. The van der Waals surface area contributed by atoms with E-state index in [0.717, 1.165) is 68.1 Å². The maximum absolute atomic E-state index is 13.3. The summed E-state index contributed by atoms with van der Waals surface area (Å²) in [5, 5.41) is 5.57. The molecular formula is C40H71N5O4. The standard InChI is InChI=1S/C40H71N5O4/c1-26(2)11-10-12-27(3)31-17-18-32-30-16-15-28-25-29(19-21-39(28,4)33(30)20-22-40(31,32)5)49-38(48)45-35(14-7-9-24-42)37(47)44-34(36(43)46)13-6-8-23-41/h15,26-27,29-35H,6-14,16-25,41-42H2,1-5H3,(H2,43,46)(H,44,47)(H,45,48). The first-order valence-electron chi connectivity index (χ1n) is 20.0. The van der Waals surface area contributed by atoms with Crippen molar-refractivity contribution in [3.63, 3.8) is 0 Å². The minimum Gasteiger partial charge on any atom is -0.446 e. The van der Waals surface area contributed by atoms with Gasteiger partial charge in [-0.25, -0.2) is 4.79 Å². The van der Waals surface area contributed by atoms with E-state index >= 15 is 0 Å². The number of nitrogens with one attached hydrogen (secondary N) is 2. The second-order valence-corrected chi connectivity index (χ2v) is 17.3. The number of primary amides is 1. The number of amides is 3. The Morgan fingerprint density at radius 1 is 0.837 bits per heavy atom. The Balaban J connectivity index is 1.35. The lowest BCUT2D eigenvalue weighted by Crippen LogP contribution is -2.53. The molecule has 3 amide bonds. The van der Waals surface area contributed by atoms with Crippen molar-refractivity contribution in [1.29, 1.82) is 0 Å². The number of nitrogens with two attached hydrogens (primary N) is 3. The van der Waals surface area contributed by atoms with Crippen molar-refractivity contribution in [1.82, 2.24) is 10.6 Å². The third-order valence-corrected chi connectivity index (χ3v) is 13.7. The average molecular weight is 686 g/mol. The summed E-state index contributed by atoms with van der Waals surface area (Å²) in [5.41, 5.74) is 19.0. The molecule has 0 heterocycles. The van der Waals surface area contributed by atoms with Gasteiger partial charge in [0.25, 0.3) is 0 Å². The molecule has 9 heteroatoms. The van der Waals surface area contributed by atoms with Gasteiger partial charge in [-0.2, -0.15) is 0 Å². The normalized spacial score (nSPS) is 32.6. The van der Waals surface area contributed by atoms with Gasteiger partial charge < -0.3 is 32.6 Å². The van der Waals surface area contributed by atoms with Gasteiger partial charge in [-0.1, -0.05) is 65.5 Å². The molecular weight excluding hydrogens is 614 g/mol. The molecule has 9 nitrogen and oxygen atoms in total. The monoisotopic (exact) mass is 686 g/mol. The number of ether oxygens (including phenoxy) is 1. The van der Waals surface area contributed by atoms with Crippen molar-refractivity contribution in [3.8, 4) is 0 Å². The highest BCUT2D eigenvalue weighted by atomic mass is 16.6. The molecule has 49 heavy (non-hydrogen) atoms. The van der Waals surface area contributed by atoms with Crippen LogP contribution in [0.15, 0.2) is 11.6 Å². The van der Waals surface area contributed by atoms with Gasteiger partial charge in [0.15, 0.2) is 0 Å². The van der Waals surface area contributed by atoms with Crippen LogP contribution in [0.1, 0.15) is 144 Å². The molecule has 0 aromatic heterocycles. The molecule has 0 aliphatic heterocycles. The summed E-state index contributed by atoms with van der Waals surface area (Å²) in [6.45, 7) is 13.4. The number of hydrogen-bond donors (Lipinski definition) is 5. The van der Waals surface area contributed by atoms with E-state index in [0.29, 0.717) is 50.1 Å². The van der Waals surface area contributed by atoms with Gasteiger partial charge in [-0.05, 0) is 143 Å². The Hall–Kier alpha value is -2.13. The smallest absolute Gasteiger partial charge is 0.408 e. The lowest BCUT2D eigenvalue weighted by molar-refractivity contribution is -0.128. The molecule has 0 bridgehead atoms. The maximum atomic E-state index is 13.3. The number of carbonyl (C=O) groups is 3. The first kappa shape index (κ1) is 39.7. The Kier molecular flexibility index (Phi) is 14.5. The number of hydrogen-bond acceptors (Lipinski definition) is 6. The number of fused-ring (bicyclic) bond motifs is 5. The summed E-state index contributed by atoms with van der Waals surface area (Å²) in [4.78, 5) is 38.5. The van der Waals surface area contributed by atoms with Crippen LogP contribution in [0, 0.1) is 46.3 Å². The van der Waals surface area contributed by atoms with E-state index < -0.39 is 30.0 Å². The molecule has 4 rings (SSSR count). The molecule has 10 unspecified atom stereocenters. The number of rotatable bonds is 18. The Labute approximate surface area is 297 Å². The third-order valence-electron chi connectivity index (χ3n) is 13.7. The van der Waals surface area contributed by atoms with Gasteiger partial charge in [-0.3, -0.25) is 9.59 Å². The fourth-order valence-electron chi connectivity index (χ4n) is 10.9. The van der Waals surface area contributed by atoms with Gasteiger partial charge in [0.05, 0.1) is 0 Å². The molecule has 280 valence electrons. The lowest BCUT2D eigenvalue weighted by Gasteiger charge is -2.58. The highest BCUT2D eigenvalue weighted by Gasteiger charge is 2.59. The third kappa shape index (κ3) is 9.61. The lowest BCUT2D eigenvalue weighted by atomic mass is 9.47. The topological polar surface area (TPSA) is 163 Å². The average Bonchev–Trinajstić information content (AvgIpc) is 3.41. The Morgan fingerprint density at radius 2 is 1.53 bits per heavy atom. The van der Waals surface area contributed by atoms with Crippen LogP contribution in [0.3, 0.4) is 0 Å². The molecule has 0 spiro atoms. The van der Waals surface area contributed by atoms with Gasteiger partial charge >= 0.3 is 6.09 Å². The summed E-state index contributed by atoms with van der Waals surface area (Å²) < 4.78 is 6.01. The number of carbonyl (C=O) groups excluding carboxylic acids is 3. The molecule has 8 N–H and O–H groups in total. The summed E-state index contributed by atoms with van der Waals surface area (Å²) in [5.74, 6) is 3.72. The van der Waals surface area contributed by atoms with E-state index in [9.17, 15) is 14.4 Å². The molecule has 4 aliphatic rings. The van der Waals surface area contributed by atoms with Gasteiger partial charge in [-0.15, -0.1) is 0 Å². The van der Waals surface area contributed by atoms with E-state index in [2.05, 4.69) is 51.3 Å². The minimum atomic E-state index is -0.830. The summed E-state index contributed by atoms with van der Waals surface area (Å²) in [7, 11) is 0. The number of alkyl carbamates (subject to hydrolysis) is 1. The maximum Gasteiger partial charge on any atom is 0.408 e. The summed E-state index contributed by atoms with van der Waals surface area (Å²) in [6.07, 6.45) is 18.6. The Bertz CT molecular complexity index is 1140. The van der Waals surface area contributed by atoms with E-state index in [1.54, 1.807) is 0 Å². The van der Waals surface area contributed by atoms with Crippen molar-refractivity contribution in [3.05, 3.63) is 11.6 Å². The molecule has 0 aromatic carbocycles. The van der Waals surface area contributed by atoms with E-state index in [-0.39, 0.29) is 11.5 Å². The molecule has 4 aliphatic carbocycles.